The van der Waals surface area contributed by atoms with E-state index in [1.54, 1.807) is 17.7 Å². The predicted octanol–water partition coefficient (Wildman–Crippen LogP) is 5.09. The highest BCUT2D eigenvalue weighted by molar-refractivity contribution is 7.18. The third-order valence-electron chi connectivity index (χ3n) is 3.68. The number of aromatic nitrogens is 2. The first-order valence-electron chi connectivity index (χ1n) is 7.75. The van der Waals surface area contributed by atoms with Crippen LogP contribution in [0.15, 0.2) is 30.6 Å². The maximum atomic E-state index is 5.91. The zero-order valence-electron chi connectivity index (χ0n) is 13.9. The third kappa shape index (κ3) is 3.29. The van der Waals surface area contributed by atoms with Gasteiger partial charge in [-0.2, -0.15) is 0 Å². The van der Waals surface area contributed by atoms with Gasteiger partial charge in [-0.05, 0) is 37.5 Å². The van der Waals surface area contributed by atoms with Crippen molar-refractivity contribution in [2.24, 2.45) is 5.92 Å². The van der Waals surface area contributed by atoms with Gasteiger partial charge < -0.3 is 10.1 Å². The molecule has 1 N–H and O–H groups in total. The van der Waals surface area contributed by atoms with E-state index in [-0.39, 0.29) is 0 Å². The zero-order valence-corrected chi connectivity index (χ0v) is 14.7. The maximum Gasteiger partial charge on any atom is 0.142 e. The summed E-state index contributed by atoms with van der Waals surface area (Å²) in [6.07, 6.45) is 1.61. The van der Waals surface area contributed by atoms with Crippen LogP contribution in [0.2, 0.25) is 0 Å². The molecule has 0 atom stereocenters. The van der Waals surface area contributed by atoms with E-state index >= 15 is 0 Å². The number of nitrogens with one attached hydrogen (secondary N) is 1. The molecular formula is C18H21N3OS. The summed E-state index contributed by atoms with van der Waals surface area (Å²) in [4.78, 5) is 11.1. The van der Waals surface area contributed by atoms with Crippen LogP contribution in [-0.4, -0.2) is 16.6 Å². The Morgan fingerprint density at radius 2 is 1.96 bits per heavy atom. The van der Waals surface area contributed by atoms with Crippen LogP contribution < -0.4 is 10.1 Å². The first kappa shape index (κ1) is 15.7. The average Bonchev–Trinajstić information content (AvgIpc) is 2.82. The number of para-hydroxylation sites is 2. The number of anilines is 2. The smallest absolute Gasteiger partial charge is 0.142 e. The van der Waals surface area contributed by atoms with Gasteiger partial charge in [-0.1, -0.05) is 26.0 Å². The minimum absolute atomic E-state index is 0.482. The lowest BCUT2D eigenvalue weighted by Crippen LogP contribution is -2.06. The third-order valence-corrected chi connectivity index (χ3v) is 4.79. The van der Waals surface area contributed by atoms with Crippen LogP contribution in [-0.2, 0) is 0 Å². The Balaban J connectivity index is 1.97. The molecule has 0 bridgehead atoms. The fraction of sp³-hybridized carbons (Fsp3) is 0.333. The number of ether oxygens (including phenoxy) is 1. The Labute approximate surface area is 140 Å². The lowest BCUT2D eigenvalue weighted by atomic mass is 10.2. The molecule has 4 nitrogen and oxygen atoms in total. The summed E-state index contributed by atoms with van der Waals surface area (Å²) in [7, 11) is 0. The topological polar surface area (TPSA) is 47.0 Å². The second kappa shape index (κ2) is 6.54. The molecule has 0 aliphatic heterocycles. The molecule has 1 aromatic carbocycles. The zero-order chi connectivity index (χ0) is 16.4. The minimum Gasteiger partial charge on any atom is -0.491 e. The van der Waals surface area contributed by atoms with Crippen molar-refractivity contribution in [1.29, 1.82) is 0 Å². The van der Waals surface area contributed by atoms with Gasteiger partial charge in [0.15, 0.2) is 0 Å². The molecule has 2 heterocycles. The van der Waals surface area contributed by atoms with Crippen LogP contribution in [0.1, 0.15) is 24.3 Å². The molecule has 0 aliphatic carbocycles. The van der Waals surface area contributed by atoms with Crippen molar-refractivity contribution in [1.82, 2.24) is 9.97 Å². The molecule has 3 aromatic rings. The van der Waals surface area contributed by atoms with Crippen LogP contribution in [0.4, 0.5) is 11.5 Å². The van der Waals surface area contributed by atoms with Crippen molar-refractivity contribution in [2.75, 3.05) is 11.9 Å². The second-order valence-corrected chi connectivity index (χ2v) is 7.21. The van der Waals surface area contributed by atoms with Gasteiger partial charge >= 0.3 is 0 Å². The van der Waals surface area contributed by atoms with Crippen molar-refractivity contribution in [3.05, 3.63) is 41.0 Å². The summed E-state index contributed by atoms with van der Waals surface area (Å²) in [6, 6.07) is 7.97. The van der Waals surface area contributed by atoms with Crippen molar-refractivity contribution < 1.29 is 4.74 Å². The molecule has 0 aliphatic rings. The van der Waals surface area contributed by atoms with Gasteiger partial charge in [0.1, 0.15) is 22.7 Å². The Hall–Kier alpha value is -2.14. The average molecular weight is 327 g/mol. The van der Waals surface area contributed by atoms with E-state index in [1.165, 1.54) is 10.4 Å². The normalized spacial score (nSPS) is 11.2. The summed E-state index contributed by atoms with van der Waals surface area (Å²) >= 11 is 1.70. The maximum absolute atomic E-state index is 5.91. The van der Waals surface area contributed by atoms with Crippen molar-refractivity contribution in [3.8, 4) is 5.75 Å². The number of thiophene rings is 1. The van der Waals surface area contributed by atoms with E-state index in [2.05, 4.69) is 43.0 Å². The molecule has 0 amide bonds. The first-order chi connectivity index (χ1) is 11.1. The summed E-state index contributed by atoms with van der Waals surface area (Å²) in [5.74, 6) is 2.16. The van der Waals surface area contributed by atoms with Crippen LogP contribution in [0.3, 0.4) is 0 Å². The van der Waals surface area contributed by atoms with E-state index in [0.717, 1.165) is 27.5 Å². The molecule has 0 fully saturated rings. The Morgan fingerprint density at radius 3 is 2.74 bits per heavy atom. The molecular weight excluding hydrogens is 306 g/mol. The monoisotopic (exact) mass is 327 g/mol. The molecule has 0 spiro atoms. The summed E-state index contributed by atoms with van der Waals surface area (Å²) in [5.41, 5.74) is 2.16. The molecule has 5 heteroatoms. The van der Waals surface area contributed by atoms with Gasteiger partial charge in [-0.25, -0.2) is 9.97 Å². The molecule has 23 heavy (non-hydrogen) atoms. The molecule has 0 saturated heterocycles. The number of hydrogen-bond acceptors (Lipinski definition) is 5. The molecule has 0 unspecified atom stereocenters. The van der Waals surface area contributed by atoms with Crippen LogP contribution >= 0.6 is 11.3 Å². The fourth-order valence-corrected chi connectivity index (χ4v) is 3.35. The number of aryl methyl sites for hydroxylation is 2. The number of nitrogens with zero attached hydrogens (tertiary/aromatic N) is 2. The molecule has 2 aromatic heterocycles. The predicted molar refractivity (Wildman–Crippen MR) is 96.9 cm³/mol. The summed E-state index contributed by atoms with van der Waals surface area (Å²) in [5, 5.41) is 4.52. The van der Waals surface area contributed by atoms with Gasteiger partial charge in [0.05, 0.1) is 17.7 Å². The van der Waals surface area contributed by atoms with E-state index in [4.69, 9.17) is 4.74 Å². The second-order valence-electron chi connectivity index (χ2n) is 6.01. The highest BCUT2D eigenvalue weighted by Crippen LogP contribution is 2.35. The van der Waals surface area contributed by atoms with Gasteiger partial charge in [0.25, 0.3) is 0 Å². The van der Waals surface area contributed by atoms with Gasteiger partial charge in [0, 0.05) is 4.88 Å². The highest BCUT2D eigenvalue weighted by atomic mass is 32.1. The highest BCUT2D eigenvalue weighted by Gasteiger charge is 2.13. The van der Waals surface area contributed by atoms with E-state index in [1.807, 2.05) is 24.3 Å². The number of hydrogen-bond donors (Lipinski definition) is 1. The van der Waals surface area contributed by atoms with Crippen LogP contribution in [0, 0.1) is 19.8 Å². The molecule has 120 valence electrons. The van der Waals surface area contributed by atoms with Gasteiger partial charge in [-0.15, -0.1) is 11.3 Å². The van der Waals surface area contributed by atoms with Gasteiger partial charge in [-0.3, -0.25) is 0 Å². The van der Waals surface area contributed by atoms with Crippen molar-refractivity contribution in [2.45, 2.75) is 27.7 Å². The first-order valence-corrected chi connectivity index (χ1v) is 8.57. The minimum atomic E-state index is 0.482. The molecule has 0 radical (unpaired) electrons. The van der Waals surface area contributed by atoms with E-state index in [0.29, 0.717) is 12.5 Å². The van der Waals surface area contributed by atoms with Gasteiger partial charge in [0.2, 0.25) is 0 Å². The van der Waals surface area contributed by atoms with Crippen molar-refractivity contribution in [3.63, 3.8) is 0 Å². The lowest BCUT2D eigenvalue weighted by Gasteiger charge is -2.14. The number of fused-ring (bicyclic) bond motifs is 1. The molecule has 3 rings (SSSR count). The number of rotatable bonds is 5. The Kier molecular flexibility index (Phi) is 4.48. The summed E-state index contributed by atoms with van der Waals surface area (Å²) in [6.45, 7) is 9.20. The Bertz CT molecular complexity index is 826. The summed E-state index contributed by atoms with van der Waals surface area (Å²) < 4.78 is 5.91. The number of benzene rings is 1. The fourth-order valence-electron chi connectivity index (χ4n) is 2.36. The Morgan fingerprint density at radius 1 is 1.17 bits per heavy atom. The van der Waals surface area contributed by atoms with Crippen LogP contribution in [0.5, 0.6) is 5.75 Å². The standard InChI is InChI=1S/C18H21N3OS/c1-11(2)9-22-15-8-6-5-7-14(15)21-17-16-12(3)13(4)23-18(16)20-10-19-17/h5-8,10-11H,9H2,1-4H3,(H,19,20,21). The quantitative estimate of drug-likeness (QED) is 0.709. The largest absolute Gasteiger partial charge is 0.491 e. The SMILES string of the molecule is Cc1sc2ncnc(Nc3ccccc3OCC(C)C)c2c1C. The van der Waals surface area contributed by atoms with E-state index in [9.17, 15) is 0 Å². The molecule has 0 saturated carbocycles. The van der Waals surface area contributed by atoms with Crippen LogP contribution in [0.25, 0.3) is 10.2 Å². The van der Waals surface area contributed by atoms with Crippen molar-refractivity contribution >= 4 is 33.1 Å². The lowest BCUT2D eigenvalue weighted by molar-refractivity contribution is 0.272. The van der Waals surface area contributed by atoms with E-state index < -0.39 is 0 Å².